The van der Waals surface area contributed by atoms with Gasteiger partial charge in [-0.2, -0.15) is 5.10 Å². The number of carbonyl (C=O) groups is 1. The molecule has 3 aromatic carbocycles. The van der Waals surface area contributed by atoms with Gasteiger partial charge in [0.2, 0.25) is 0 Å². The Bertz CT molecular complexity index is 1340. The molecule has 0 atom stereocenters. The lowest BCUT2D eigenvalue weighted by Crippen LogP contribution is -2.49. The number of ether oxygens (including phenoxy) is 1. The van der Waals surface area contributed by atoms with Gasteiger partial charge >= 0.3 is 0 Å². The summed E-state index contributed by atoms with van der Waals surface area (Å²) in [5.41, 5.74) is 4.60. The van der Waals surface area contributed by atoms with Crippen molar-refractivity contribution in [2.75, 3.05) is 38.2 Å². The summed E-state index contributed by atoms with van der Waals surface area (Å²) in [7, 11) is 1.63. The van der Waals surface area contributed by atoms with Crippen LogP contribution in [0.3, 0.4) is 0 Å². The van der Waals surface area contributed by atoms with E-state index >= 15 is 0 Å². The summed E-state index contributed by atoms with van der Waals surface area (Å²) in [6.07, 6.45) is 0. The minimum absolute atomic E-state index is 0.0908. The Morgan fingerprint density at radius 1 is 0.914 bits per heavy atom. The van der Waals surface area contributed by atoms with Gasteiger partial charge in [-0.1, -0.05) is 24.3 Å². The van der Waals surface area contributed by atoms with Gasteiger partial charge in [0.1, 0.15) is 17.3 Å². The van der Waals surface area contributed by atoms with Gasteiger partial charge < -0.3 is 14.5 Å². The topological polar surface area (TPSA) is 50.6 Å². The molecule has 5 rings (SSSR count). The average molecular weight is 471 g/mol. The van der Waals surface area contributed by atoms with Crippen molar-refractivity contribution in [1.82, 2.24) is 14.7 Å². The van der Waals surface area contributed by atoms with E-state index in [1.54, 1.807) is 23.9 Å². The molecular formula is C28H27FN4O2. The molecule has 0 N–H and O–H groups in total. The Morgan fingerprint density at radius 3 is 2.34 bits per heavy atom. The third kappa shape index (κ3) is 4.62. The molecule has 1 fully saturated rings. The van der Waals surface area contributed by atoms with Gasteiger partial charge in [-0.3, -0.25) is 4.79 Å². The number of aromatic nitrogens is 2. The second-order valence-corrected chi connectivity index (χ2v) is 8.62. The summed E-state index contributed by atoms with van der Waals surface area (Å²) >= 11 is 0. The molecule has 0 saturated carbocycles. The highest BCUT2D eigenvalue weighted by Crippen LogP contribution is 2.26. The maximum absolute atomic E-state index is 14.2. The van der Waals surface area contributed by atoms with Crippen LogP contribution in [-0.2, 0) is 0 Å². The molecule has 1 aromatic heterocycles. The van der Waals surface area contributed by atoms with Crippen molar-refractivity contribution in [3.63, 3.8) is 0 Å². The molecule has 0 radical (unpaired) electrons. The third-order valence-electron chi connectivity index (χ3n) is 6.32. The first-order chi connectivity index (χ1) is 17.0. The van der Waals surface area contributed by atoms with Crippen LogP contribution in [0.15, 0.2) is 78.9 Å². The molecule has 0 spiro atoms. The number of aryl methyl sites for hydroxylation is 1. The number of nitrogens with zero attached hydrogens (tertiary/aromatic N) is 4. The summed E-state index contributed by atoms with van der Waals surface area (Å²) < 4.78 is 21.2. The lowest BCUT2D eigenvalue weighted by molar-refractivity contribution is 0.0737. The van der Waals surface area contributed by atoms with E-state index in [0.29, 0.717) is 43.3 Å². The van der Waals surface area contributed by atoms with Gasteiger partial charge in [-0.05, 0) is 67.1 Å². The van der Waals surface area contributed by atoms with E-state index < -0.39 is 0 Å². The van der Waals surface area contributed by atoms with E-state index in [2.05, 4.69) is 0 Å². The predicted octanol–water partition coefficient (Wildman–Crippen LogP) is 4.96. The first kappa shape index (κ1) is 22.7. The Labute approximate surface area is 204 Å². The molecule has 7 heteroatoms. The normalized spacial score (nSPS) is 13.7. The van der Waals surface area contributed by atoms with Crippen LogP contribution in [0.2, 0.25) is 0 Å². The van der Waals surface area contributed by atoms with Gasteiger partial charge in [-0.15, -0.1) is 0 Å². The fraction of sp³-hybridized carbons (Fsp3) is 0.214. The molecule has 1 amide bonds. The lowest BCUT2D eigenvalue weighted by atomic mass is 10.1. The van der Waals surface area contributed by atoms with Gasteiger partial charge in [0.05, 0.1) is 24.2 Å². The number of amides is 1. The Balaban J connectivity index is 1.44. The molecule has 6 nitrogen and oxygen atoms in total. The van der Waals surface area contributed by atoms with Crippen LogP contribution < -0.4 is 9.64 Å². The molecular weight excluding hydrogens is 443 g/mol. The molecule has 4 aromatic rings. The highest BCUT2D eigenvalue weighted by atomic mass is 19.1. The van der Waals surface area contributed by atoms with Gasteiger partial charge in [0.15, 0.2) is 0 Å². The Kier molecular flexibility index (Phi) is 6.23. The van der Waals surface area contributed by atoms with E-state index in [9.17, 15) is 9.18 Å². The van der Waals surface area contributed by atoms with Crippen molar-refractivity contribution in [2.24, 2.45) is 0 Å². The smallest absolute Gasteiger partial charge is 0.272 e. The van der Waals surface area contributed by atoms with E-state index in [-0.39, 0.29) is 11.7 Å². The predicted molar refractivity (Wildman–Crippen MR) is 135 cm³/mol. The summed E-state index contributed by atoms with van der Waals surface area (Å²) in [4.78, 5) is 17.5. The van der Waals surface area contributed by atoms with E-state index in [4.69, 9.17) is 9.84 Å². The first-order valence-electron chi connectivity index (χ1n) is 11.6. The molecule has 178 valence electrons. The number of piperazine rings is 1. The number of methoxy groups -OCH3 is 1. The summed E-state index contributed by atoms with van der Waals surface area (Å²) in [6.45, 7) is 4.15. The SMILES string of the molecule is COc1ccc(-c2cc(C(=O)N3CCN(c4ccccc4F)CC3)n(-c3cccc(C)c3)n2)cc1. The first-order valence-corrected chi connectivity index (χ1v) is 11.6. The number of rotatable bonds is 5. The minimum Gasteiger partial charge on any atom is -0.497 e. The number of carbonyl (C=O) groups excluding carboxylic acids is 1. The van der Waals surface area contributed by atoms with Crippen LogP contribution in [0.1, 0.15) is 16.1 Å². The van der Waals surface area contributed by atoms with Crippen LogP contribution >= 0.6 is 0 Å². The molecule has 0 aliphatic carbocycles. The second-order valence-electron chi connectivity index (χ2n) is 8.62. The summed E-state index contributed by atoms with van der Waals surface area (Å²) in [5, 5.41) is 4.81. The molecule has 1 aliphatic heterocycles. The third-order valence-corrected chi connectivity index (χ3v) is 6.32. The monoisotopic (exact) mass is 470 g/mol. The summed E-state index contributed by atoms with van der Waals surface area (Å²) in [6, 6.07) is 24.2. The molecule has 1 aliphatic rings. The number of hydrogen-bond donors (Lipinski definition) is 0. The largest absolute Gasteiger partial charge is 0.497 e. The zero-order valence-corrected chi connectivity index (χ0v) is 19.8. The fourth-order valence-electron chi connectivity index (χ4n) is 4.41. The van der Waals surface area contributed by atoms with Crippen molar-refractivity contribution in [1.29, 1.82) is 0 Å². The van der Waals surface area contributed by atoms with Gasteiger partial charge in [0, 0.05) is 31.7 Å². The molecule has 2 heterocycles. The van der Waals surface area contributed by atoms with Crippen molar-refractivity contribution >= 4 is 11.6 Å². The number of anilines is 1. The standard InChI is InChI=1S/C28H27FN4O2/c1-20-6-5-7-22(18-20)33-27(19-25(30-33)21-10-12-23(35-2)13-11-21)28(34)32-16-14-31(15-17-32)26-9-4-3-8-24(26)29/h3-13,18-19H,14-17H2,1-2H3. The van der Waals surface area contributed by atoms with Gasteiger partial charge in [0.25, 0.3) is 5.91 Å². The number of benzene rings is 3. The van der Waals surface area contributed by atoms with Gasteiger partial charge in [-0.25, -0.2) is 9.07 Å². The maximum atomic E-state index is 14.2. The zero-order chi connectivity index (χ0) is 24.4. The van der Waals surface area contributed by atoms with E-state index in [0.717, 1.165) is 22.6 Å². The second kappa shape index (κ2) is 9.62. The maximum Gasteiger partial charge on any atom is 0.272 e. The Morgan fingerprint density at radius 2 is 1.66 bits per heavy atom. The summed E-state index contributed by atoms with van der Waals surface area (Å²) in [5.74, 6) is 0.428. The quantitative estimate of drug-likeness (QED) is 0.414. The number of halogens is 1. The van der Waals surface area contributed by atoms with Crippen LogP contribution in [0, 0.1) is 12.7 Å². The fourth-order valence-corrected chi connectivity index (χ4v) is 4.41. The zero-order valence-electron chi connectivity index (χ0n) is 19.8. The molecule has 35 heavy (non-hydrogen) atoms. The van der Waals surface area contributed by atoms with Crippen molar-refractivity contribution < 1.29 is 13.9 Å². The highest BCUT2D eigenvalue weighted by molar-refractivity contribution is 5.94. The highest BCUT2D eigenvalue weighted by Gasteiger charge is 2.27. The molecule has 0 bridgehead atoms. The minimum atomic E-state index is -0.242. The van der Waals surface area contributed by atoms with Crippen LogP contribution in [-0.4, -0.2) is 53.9 Å². The Hall–Kier alpha value is -4.13. The van der Waals surface area contributed by atoms with Crippen molar-refractivity contribution in [2.45, 2.75) is 6.92 Å². The van der Waals surface area contributed by atoms with E-state index in [1.165, 1.54) is 6.07 Å². The van der Waals surface area contributed by atoms with Crippen molar-refractivity contribution in [3.05, 3.63) is 95.9 Å². The lowest BCUT2D eigenvalue weighted by Gasteiger charge is -2.36. The molecule has 1 saturated heterocycles. The van der Waals surface area contributed by atoms with Crippen molar-refractivity contribution in [3.8, 4) is 22.7 Å². The number of hydrogen-bond acceptors (Lipinski definition) is 4. The number of para-hydroxylation sites is 1. The van der Waals surface area contributed by atoms with Crippen LogP contribution in [0.5, 0.6) is 5.75 Å². The van der Waals surface area contributed by atoms with Crippen LogP contribution in [0.4, 0.5) is 10.1 Å². The van der Waals surface area contributed by atoms with E-state index in [1.807, 2.05) is 77.4 Å². The molecule has 0 unspecified atom stereocenters. The average Bonchev–Trinajstić information content (AvgIpc) is 3.34. The van der Waals surface area contributed by atoms with Crippen LogP contribution in [0.25, 0.3) is 16.9 Å².